The molecule has 0 saturated heterocycles. The molecule has 0 saturated carbocycles. The van der Waals surface area contributed by atoms with Crippen LogP contribution in [0.5, 0.6) is 5.75 Å². The number of hydrogen-bond acceptors (Lipinski definition) is 7. The Bertz CT molecular complexity index is 1470. The number of aromatic nitrogens is 4. The summed E-state index contributed by atoms with van der Waals surface area (Å²) < 4.78 is 18.9. The van der Waals surface area contributed by atoms with Crippen molar-refractivity contribution in [2.75, 3.05) is 0 Å². The van der Waals surface area contributed by atoms with Crippen LogP contribution in [0.1, 0.15) is 17.0 Å². The van der Waals surface area contributed by atoms with Crippen LogP contribution in [0.3, 0.4) is 0 Å². The van der Waals surface area contributed by atoms with Crippen LogP contribution in [0.15, 0.2) is 71.3 Å². The third-order valence-corrected chi connectivity index (χ3v) is 4.96. The summed E-state index contributed by atoms with van der Waals surface area (Å²) in [7, 11) is 0. The highest BCUT2D eigenvalue weighted by molar-refractivity contribution is 5.98. The van der Waals surface area contributed by atoms with E-state index in [4.69, 9.17) is 9.68 Å². The summed E-state index contributed by atoms with van der Waals surface area (Å²) in [5.74, 6) is -0.154. The summed E-state index contributed by atoms with van der Waals surface area (Å²) in [6.45, 7) is 0. The summed E-state index contributed by atoms with van der Waals surface area (Å²) in [4.78, 5) is 8.91. The molecule has 154 valence electrons. The SMILES string of the molecule is N#Cc1ccc(-c2nc(-c3nnc(Cc4ccc(F)cc4)o3)c(O)c3ncccc23)cc1. The van der Waals surface area contributed by atoms with Crippen LogP contribution in [-0.2, 0) is 6.42 Å². The molecule has 0 amide bonds. The Morgan fingerprint density at radius 2 is 1.75 bits per heavy atom. The van der Waals surface area contributed by atoms with Crippen molar-refractivity contribution < 1.29 is 13.9 Å². The van der Waals surface area contributed by atoms with Crippen LogP contribution < -0.4 is 0 Å². The maximum absolute atomic E-state index is 13.1. The van der Waals surface area contributed by atoms with Crippen molar-refractivity contribution in [3.8, 4) is 34.7 Å². The van der Waals surface area contributed by atoms with Crippen LogP contribution in [0.2, 0.25) is 0 Å². The van der Waals surface area contributed by atoms with Crippen molar-refractivity contribution in [3.63, 3.8) is 0 Å². The molecule has 5 rings (SSSR count). The molecule has 7 nitrogen and oxygen atoms in total. The quantitative estimate of drug-likeness (QED) is 0.448. The minimum Gasteiger partial charge on any atom is -0.504 e. The van der Waals surface area contributed by atoms with Crippen molar-refractivity contribution in [1.82, 2.24) is 20.2 Å². The zero-order valence-electron chi connectivity index (χ0n) is 16.5. The van der Waals surface area contributed by atoms with Crippen molar-refractivity contribution in [3.05, 3.63) is 89.7 Å². The number of nitriles is 1. The van der Waals surface area contributed by atoms with Gasteiger partial charge in [-0.3, -0.25) is 4.98 Å². The normalized spacial score (nSPS) is 10.9. The smallest absolute Gasteiger partial charge is 0.270 e. The van der Waals surface area contributed by atoms with Gasteiger partial charge in [0, 0.05) is 17.1 Å². The van der Waals surface area contributed by atoms with Crippen LogP contribution in [0.25, 0.3) is 33.7 Å². The van der Waals surface area contributed by atoms with Gasteiger partial charge in [-0.15, -0.1) is 10.2 Å². The average molecular weight is 423 g/mol. The van der Waals surface area contributed by atoms with Crippen LogP contribution in [0, 0.1) is 17.1 Å². The molecule has 0 spiro atoms. The fraction of sp³-hybridized carbons (Fsp3) is 0.0417. The molecule has 0 radical (unpaired) electrons. The molecule has 1 N–H and O–H groups in total. The van der Waals surface area contributed by atoms with Gasteiger partial charge in [0.05, 0.1) is 23.7 Å². The molecule has 0 unspecified atom stereocenters. The Morgan fingerprint density at radius 1 is 0.969 bits per heavy atom. The average Bonchev–Trinajstić information content (AvgIpc) is 3.29. The first kappa shape index (κ1) is 19.3. The van der Waals surface area contributed by atoms with E-state index in [-0.39, 0.29) is 23.2 Å². The number of nitrogens with zero attached hydrogens (tertiary/aromatic N) is 5. The molecular formula is C24H14FN5O2. The second-order valence-electron chi connectivity index (χ2n) is 7.05. The lowest BCUT2D eigenvalue weighted by atomic mass is 10.0. The fourth-order valence-corrected chi connectivity index (χ4v) is 3.39. The van der Waals surface area contributed by atoms with Crippen molar-refractivity contribution >= 4 is 10.9 Å². The summed E-state index contributed by atoms with van der Waals surface area (Å²) >= 11 is 0. The zero-order chi connectivity index (χ0) is 22.1. The highest BCUT2D eigenvalue weighted by Gasteiger charge is 2.21. The highest BCUT2D eigenvalue weighted by Crippen LogP contribution is 2.37. The molecule has 8 heteroatoms. The van der Waals surface area contributed by atoms with E-state index in [2.05, 4.69) is 26.2 Å². The third kappa shape index (κ3) is 3.52. The van der Waals surface area contributed by atoms with Crippen LogP contribution >= 0.6 is 0 Å². The molecular weight excluding hydrogens is 409 g/mol. The summed E-state index contributed by atoms with van der Waals surface area (Å²) in [6, 6.07) is 18.6. The van der Waals surface area contributed by atoms with Gasteiger partial charge in [0.15, 0.2) is 11.4 Å². The molecule has 0 aliphatic rings. The van der Waals surface area contributed by atoms with Gasteiger partial charge in [-0.2, -0.15) is 5.26 Å². The number of benzene rings is 2. The van der Waals surface area contributed by atoms with Crippen LogP contribution in [0.4, 0.5) is 4.39 Å². The fourth-order valence-electron chi connectivity index (χ4n) is 3.39. The molecule has 0 aliphatic heterocycles. The highest BCUT2D eigenvalue weighted by atomic mass is 19.1. The first-order valence-corrected chi connectivity index (χ1v) is 9.68. The van der Waals surface area contributed by atoms with E-state index >= 15 is 0 Å². The number of hydrogen-bond donors (Lipinski definition) is 1. The van der Waals surface area contributed by atoms with Gasteiger partial charge < -0.3 is 9.52 Å². The maximum Gasteiger partial charge on any atom is 0.270 e. The Morgan fingerprint density at radius 3 is 2.50 bits per heavy atom. The molecule has 2 aromatic carbocycles. The Balaban J connectivity index is 1.60. The van der Waals surface area contributed by atoms with Gasteiger partial charge in [-0.1, -0.05) is 24.3 Å². The van der Waals surface area contributed by atoms with Gasteiger partial charge in [0.2, 0.25) is 5.89 Å². The largest absolute Gasteiger partial charge is 0.504 e. The minimum atomic E-state index is -0.326. The zero-order valence-corrected chi connectivity index (χ0v) is 16.5. The number of fused-ring (bicyclic) bond motifs is 1. The van der Waals surface area contributed by atoms with E-state index in [1.54, 1.807) is 54.7 Å². The van der Waals surface area contributed by atoms with Crippen molar-refractivity contribution in [2.45, 2.75) is 6.42 Å². The Hall–Kier alpha value is -4.64. The summed E-state index contributed by atoms with van der Waals surface area (Å²) in [5.41, 5.74) is 3.08. The van der Waals surface area contributed by atoms with E-state index in [9.17, 15) is 9.50 Å². The van der Waals surface area contributed by atoms with Crippen molar-refractivity contribution in [1.29, 1.82) is 5.26 Å². The van der Waals surface area contributed by atoms with E-state index in [1.807, 2.05) is 0 Å². The third-order valence-electron chi connectivity index (χ3n) is 4.96. The topological polar surface area (TPSA) is 109 Å². The lowest BCUT2D eigenvalue weighted by Crippen LogP contribution is -1.94. The van der Waals surface area contributed by atoms with E-state index in [0.717, 1.165) is 11.1 Å². The van der Waals surface area contributed by atoms with Crippen molar-refractivity contribution in [2.24, 2.45) is 0 Å². The molecule has 0 bridgehead atoms. The molecule has 3 heterocycles. The number of pyridine rings is 2. The monoisotopic (exact) mass is 423 g/mol. The second kappa shape index (κ2) is 7.89. The van der Waals surface area contributed by atoms with E-state index in [0.29, 0.717) is 34.5 Å². The number of aromatic hydroxyl groups is 1. The van der Waals surface area contributed by atoms with Gasteiger partial charge in [0.1, 0.15) is 11.3 Å². The summed E-state index contributed by atoms with van der Waals surface area (Å²) in [5, 5.41) is 28.6. The number of rotatable bonds is 4. The Labute approximate surface area is 181 Å². The molecule has 32 heavy (non-hydrogen) atoms. The van der Waals surface area contributed by atoms with E-state index in [1.165, 1.54) is 12.1 Å². The van der Waals surface area contributed by atoms with E-state index < -0.39 is 0 Å². The maximum atomic E-state index is 13.1. The first-order chi connectivity index (χ1) is 15.6. The first-order valence-electron chi connectivity index (χ1n) is 9.68. The lowest BCUT2D eigenvalue weighted by molar-refractivity contribution is 0.471. The minimum absolute atomic E-state index is 0.0436. The molecule has 3 aromatic heterocycles. The molecule has 0 aliphatic carbocycles. The van der Waals surface area contributed by atoms with Gasteiger partial charge in [0.25, 0.3) is 5.89 Å². The predicted octanol–water partition coefficient (Wildman–Crippen LogP) is 4.65. The van der Waals surface area contributed by atoms with Gasteiger partial charge in [-0.25, -0.2) is 9.37 Å². The van der Waals surface area contributed by atoms with Gasteiger partial charge >= 0.3 is 0 Å². The molecule has 0 atom stereocenters. The van der Waals surface area contributed by atoms with Gasteiger partial charge in [-0.05, 0) is 42.0 Å². The standard InChI is InChI=1S/C24H14FN5O2/c25-17-9-5-14(6-10-17)12-19-29-30-24(32-19)22-23(31)21-18(2-1-11-27-21)20(28-22)16-7-3-15(13-26)4-8-16/h1-11,31H,12H2. The summed E-state index contributed by atoms with van der Waals surface area (Å²) in [6.07, 6.45) is 1.88. The molecule has 5 aromatic rings. The predicted molar refractivity (Wildman–Crippen MR) is 114 cm³/mol. The number of halogens is 1. The lowest BCUT2D eigenvalue weighted by Gasteiger charge is -2.10. The molecule has 0 fully saturated rings. The second-order valence-corrected chi connectivity index (χ2v) is 7.05. The van der Waals surface area contributed by atoms with Crippen LogP contribution in [-0.4, -0.2) is 25.3 Å². The Kier molecular flexibility index (Phi) is 4.76.